The van der Waals surface area contributed by atoms with Crippen molar-refractivity contribution < 1.29 is 14.3 Å². The number of hydrogen-bond donors (Lipinski definition) is 0. The van der Waals surface area contributed by atoms with E-state index in [1.54, 1.807) is 0 Å². The van der Waals surface area contributed by atoms with Gasteiger partial charge in [0, 0.05) is 19.5 Å². The minimum absolute atomic E-state index is 0.0389. The minimum Gasteiger partial charge on any atom is -0.465 e. The molecule has 0 heterocycles. The summed E-state index contributed by atoms with van der Waals surface area (Å²) >= 11 is 0. The zero-order valence-electron chi connectivity index (χ0n) is 23.3. The van der Waals surface area contributed by atoms with Crippen molar-refractivity contribution >= 4 is 11.8 Å². The lowest BCUT2D eigenvalue weighted by Crippen LogP contribution is -2.43. The fourth-order valence-electron chi connectivity index (χ4n) is 4.97. The second kappa shape index (κ2) is 15.5. The molecule has 0 aliphatic heterocycles. The number of benzene rings is 4. The van der Waals surface area contributed by atoms with Gasteiger partial charge in [0.25, 0.3) is 0 Å². The van der Waals surface area contributed by atoms with Crippen molar-refractivity contribution in [1.82, 2.24) is 4.90 Å². The first-order valence-corrected chi connectivity index (χ1v) is 14.2. The monoisotopic (exact) mass is 533 g/mol. The number of nitrogens with zero attached hydrogens (tertiary/aromatic N) is 1. The molecule has 0 spiro atoms. The summed E-state index contributed by atoms with van der Waals surface area (Å²) in [5.74, 6) is -0.930. The molecule has 0 aliphatic carbocycles. The van der Waals surface area contributed by atoms with Crippen LogP contribution in [0.2, 0.25) is 0 Å². The fourth-order valence-corrected chi connectivity index (χ4v) is 4.97. The number of Topliss-reactive ketones (excluding diaryl/α,β-unsaturated/α-hetero) is 1. The van der Waals surface area contributed by atoms with Gasteiger partial charge in [0.05, 0.1) is 18.6 Å². The summed E-state index contributed by atoms with van der Waals surface area (Å²) in [6, 6.07) is 39.8. The molecule has 4 aromatic carbocycles. The van der Waals surface area contributed by atoms with Gasteiger partial charge in [0.15, 0.2) is 5.78 Å². The van der Waals surface area contributed by atoms with E-state index >= 15 is 0 Å². The number of rotatable bonds is 15. The van der Waals surface area contributed by atoms with Crippen molar-refractivity contribution in [3.63, 3.8) is 0 Å². The highest BCUT2D eigenvalue weighted by Gasteiger charge is 2.32. The largest absolute Gasteiger partial charge is 0.465 e. The molecule has 0 N–H and O–H groups in total. The number of esters is 1. The number of carbonyl (C=O) groups excluding carboxylic acids is 2. The Bertz CT molecular complexity index is 1250. The van der Waals surface area contributed by atoms with Crippen LogP contribution >= 0.6 is 0 Å². The molecule has 4 nitrogen and oxygen atoms in total. The summed E-state index contributed by atoms with van der Waals surface area (Å²) in [7, 11) is 0. The minimum atomic E-state index is -0.640. The van der Waals surface area contributed by atoms with Crippen molar-refractivity contribution in [2.24, 2.45) is 0 Å². The highest BCUT2D eigenvalue weighted by Crippen LogP contribution is 2.26. The third-order valence-electron chi connectivity index (χ3n) is 7.18. The van der Waals surface area contributed by atoms with E-state index in [0.29, 0.717) is 26.1 Å². The van der Waals surface area contributed by atoms with Gasteiger partial charge in [-0.3, -0.25) is 14.5 Å². The molecular weight excluding hydrogens is 494 g/mol. The second-order valence-electron chi connectivity index (χ2n) is 10.2. The molecule has 0 saturated heterocycles. The Kier molecular flexibility index (Phi) is 11.3. The molecular formula is C36H39NO3. The molecule has 0 radical (unpaired) electrons. The topological polar surface area (TPSA) is 46.6 Å². The predicted octanol–water partition coefficient (Wildman–Crippen LogP) is 7.39. The normalized spacial score (nSPS) is 12.6. The first kappa shape index (κ1) is 29.0. The smallest absolute Gasteiger partial charge is 0.313 e. The molecule has 0 fully saturated rings. The van der Waals surface area contributed by atoms with Crippen LogP contribution in [0, 0.1) is 0 Å². The first-order chi connectivity index (χ1) is 19.6. The van der Waals surface area contributed by atoms with Gasteiger partial charge in [-0.25, -0.2) is 0 Å². The lowest BCUT2D eigenvalue weighted by Gasteiger charge is -2.32. The van der Waals surface area contributed by atoms with Crippen molar-refractivity contribution in [1.29, 1.82) is 0 Å². The Morgan fingerprint density at radius 3 is 1.65 bits per heavy atom. The van der Waals surface area contributed by atoms with Gasteiger partial charge in [-0.15, -0.1) is 0 Å². The van der Waals surface area contributed by atoms with Gasteiger partial charge in [-0.1, -0.05) is 135 Å². The van der Waals surface area contributed by atoms with Crippen LogP contribution in [0.5, 0.6) is 0 Å². The van der Waals surface area contributed by atoms with E-state index in [2.05, 4.69) is 48.2 Å². The summed E-state index contributed by atoms with van der Waals surface area (Å²) in [6.45, 7) is 3.68. The van der Waals surface area contributed by atoms with Gasteiger partial charge in [0.2, 0.25) is 0 Å². The van der Waals surface area contributed by atoms with Crippen LogP contribution in [-0.4, -0.2) is 29.3 Å². The Labute approximate surface area is 238 Å². The Morgan fingerprint density at radius 1 is 0.675 bits per heavy atom. The fraction of sp³-hybridized carbons (Fsp3) is 0.278. The Hall–Kier alpha value is -4.02. The van der Waals surface area contributed by atoms with E-state index in [4.69, 9.17) is 4.74 Å². The molecule has 4 rings (SSSR count). The van der Waals surface area contributed by atoms with Crippen molar-refractivity contribution in [2.75, 3.05) is 6.61 Å². The molecule has 0 bridgehead atoms. The summed E-state index contributed by atoms with van der Waals surface area (Å²) in [5.41, 5.74) is 4.19. The molecule has 4 aromatic rings. The van der Waals surface area contributed by atoms with Crippen LogP contribution in [-0.2, 0) is 33.8 Å². The van der Waals surface area contributed by atoms with E-state index in [1.165, 1.54) is 0 Å². The number of ether oxygens (including phenoxy) is 1. The maximum Gasteiger partial charge on any atom is 0.313 e. The first-order valence-electron chi connectivity index (χ1n) is 14.2. The predicted molar refractivity (Wildman–Crippen MR) is 161 cm³/mol. The lowest BCUT2D eigenvalue weighted by molar-refractivity contribution is -0.147. The van der Waals surface area contributed by atoms with Crippen LogP contribution in [0.25, 0.3) is 0 Å². The lowest BCUT2D eigenvalue weighted by atomic mass is 9.89. The average molecular weight is 534 g/mol. The molecule has 0 aliphatic rings. The van der Waals surface area contributed by atoms with Gasteiger partial charge in [0.1, 0.15) is 0 Å². The molecule has 2 atom stereocenters. The van der Waals surface area contributed by atoms with E-state index in [0.717, 1.165) is 35.1 Å². The SMILES string of the molecule is CCCCOC(=O)[C@H](CC(=O)[C@H](Cc1ccccc1)N(Cc1ccccc1)Cc1ccccc1)c1ccccc1. The van der Waals surface area contributed by atoms with Crippen molar-refractivity contribution in [2.45, 2.75) is 57.7 Å². The van der Waals surface area contributed by atoms with E-state index in [-0.39, 0.29) is 18.2 Å². The third kappa shape index (κ3) is 8.75. The van der Waals surface area contributed by atoms with Gasteiger partial charge in [-0.05, 0) is 35.1 Å². The molecule has 0 aromatic heterocycles. The number of unbranched alkanes of at least 4 members (excludes halogenated alkanes) is 1. The summed E-state index contributed by atoms with van der Waals surface area (Å²) in [6.07, 6.45) is 2.40. The zero-order chi connectivity index (χ0) is 28.0. The summed E-state index contributed by atoms with van der Waals surface area (Å²) in [4.78, 5) is 29.9. The van der Waals surface area contributed by atoms with Crippen LogP contribution in [0.1, 0.15) is 54.4 Å². The van der Waals surface area contributed by atoms with Gasteiger partial charge >= 0.3 is 5.97 Å². The standard InChI is InChI=1S/C36H39NO3/c1-2-3-24-40-36(39)33(32-22-14-7-15-23-32)26-35(38)34(25-29-16-8-4-9-17-29)37(27-30-18-10-5-11-19-30)28-31-20-12-6-13-21-31/h4-23,33-34H,2-3,24-28H2,1H3/t33-,34+/m1/s1. The molecule has 40 heavy (non-hydrogen) atoms. The highest BCUT2D eigenvalue weighted by atomic mass is 16.5. The maximum atomic E-state index is 14.3. The maximum absolute atomic E-state index is 14.3. The third-order valence-corrected chi connectivity index (χ3v) is 7.18. The number of carbonyl (C=O) groups is 2. The molecule has 0 unspecified atom stereocenters. The number of hydrogen-bond acceptors (Lipinski definition) is 4. The second-order valence-corrected chi connectivity index (χ2v) is 10.2. The van der Waals surface area contributed by atoms with E-state index < -0.39 is 12.0 Å². The quantitative estimate of drug-likeness (QED) is 0.118. The summed E-state index contributed by atoms with van der Waals surface area (Å²) in [5, 5.41) is 0. The van der Waals surface area contributed by atoms with E-state index in [1.807, 2.05) is 84.9 Å². The van der Waals surface area contributed by atoms with Crippen molar-refractivity contribution in [3.8, 4) is 0 Å². The van der Waals surface area contributed by atoms with Crippen LogP contribution in [0.4, 0.5) is 0 Å². The number of ketones is 1. The van der Waals surface area contributed by atoms with Crippen LogP contribution in [0.3, 0.4) is 0 Å². The van der Waals surface area contributed by atoms with Gasteiger partial charge in [-0.2, -0.15) is 0 Å². The highest BCUT2D eigenvalue weighted by molar-refractivity contribution is 5.91. The Morgan fingerprint density at radius 2 is 1.15 bits per heavy atom. The Balaban J connectivity index is 1.67. The summed E-state index contributed by atoms with van der Waals surface area (Å²) < 4.78 is 5.64. The van der Waals surface area contributed by atoms with Crippen LogP contribution < -0.4 is 0 Å². The van der Waals surface area contributed by atoms with E-state index in [9.17, 15) is 9.59 Å². The molecule has 4 heteroatoms. The molecule has 206 valence electrons. The van der Waals surface area contributed by atoms with Crippen LogP contribution in [0.15, 0.2) is 121 Å². The van der Waals surface area contributed by atoms with Gasteiger partial charge < -0.3 is 4.74 Å². The molecule has 0 amide bonds. The molecule has 0 saturated carbocycles. The zero-order valence-corrected chi connectivity index (χ0v) is 23.3. The van der Waals surface area contributed by atoms with Crippen molar-refractivity contribution in [3.05, 3.63) is 144 Å². The average Bonchev–Trinajstić information content (AvgIpc) is 3.00.